The standard InChI is InChI=1S/C17H22ClNO2/c1-11(2)15-7-17(12(3)5-16(15)18)21-10-14-6-13(8-19-4)9-20-14/h5-7,9,11,19H,8,10H2,1-4H3. The Balaban J connectivity index is 2.10. The number of ether oxygens (including phenoxy) is 1. The fourth-order valence-electron chi connectivity index (χ4n) is 2.21. The van der Waals surface area contributed by atoms with E-state index < -0.39 is 0 Å². The van der Waals surface area contributed by atoms with Gasteiger partial charge >= 0.3 is 0 Å². The van der Waals surface area contributed by atoms with E-state index in [0.29, 0.717) is 12.5 Å². The van der Waals surface area contributed by atoms with Crippen molar-refractivity contribution in [3.63, 3.8) is 0 Å². The molecule has 0 aliphatic rings. The van der Waals surface area contributed by atoms with Crippen LogP contribution in [0.25, 0.3) is 0 Å². The SMILES string of the molecule is CNCc1coc(COc2cc(C(C)C)c(Cl)cc2C)c1. The lowest BCUT2D eigenvalue weighted by Gasteiger charge is -2.14. The molecule has 114 valence electrons. The molecule has 0 unspecified atom stereocenters. The lowest BCUT2D eigenvalue weighted by atomic mass is 10.0. The summed E-state index contributed by atoms with van der Waals surface area (Å²) in [5.74, 6) is 2.04. The molecule has 0 bridgehead atoms. The van der Waals surface area contributed by atoms with Gasteiger partial charge in [-0.05, 0) is 49.2 Å². The summed E-state index contributed by atoms with van der Waals surface area (Å²) in [5.41, 5.74) is 3.26. The van der Waals surface area contributed by atoms with Gasteiger partial charge in [-0.2, -0.15) is 0 Å². The summed E-state index contributed by atoms with van der Waals surface area (Å²) in [4.78, 5) is 0. The first-order chi connectivity index (χ1) is 10.0. The molecule has 0 aliphatic carbocycles. The fourth-order valence-corrected chi connectivity index (χ4v) is 2.65. The molecule has 1 aromatic heterocycles. The van der Waals surface area contributed by atoms with Crippen molar-refractivity contribution >= 4 is 11.6 Å². The molecule has 3 nitrogen and oxygen atoms in total. The van der Waals surface area contributed by atoms with Gasteiger partial charge in [-0.1, -0.05) is 25.4 Å². The van der Waals surface area contributed by atoms with E-state index in [1.54, 1.807) is 6.26 Å². The van der Waals surface area contributed by atoms with Crippen LogP contribution in [0.15, 0.2) is 28.9 Å². The molecule has 0 fully saturated rings. The molecule has 0 saturated carbocycles. The summed E-state index contributed by atoms with van der Waals surface area (Å²) in [7, 11) is 1.91. The maximum absolute atomic E-state index is 6.27. The number of halogens is 1. The molecular formula is C17H22ClNO2. The molecule has 0 aliphatic heterocycles. The Bertz CT molecular complexity index is 605. The van der Waals surface area contributed by atoms with E-state index in [4.69, 9.17) is 20.8 Å². The summed E-state index contributed by atoms with van der Waals surface area (Å²) >= 11 is 6.27. The lowest BCUT2D eigenvalue weighted by Crippen LogP contribution is -2.03. The zero-order chi connectivity index (χ0) is 15.4. The van der Waals surface area contributed by atoms with Crippen molar-refractivity contribution in [1.82, 2.24) is 5.32 Å². The third kappa shape index (κ3) is 4.02. The minimum atomic E-state index is 0.367. The Labute approximate surface area is 131 Å². The second-order valence-electron chi connectivity index (χ2n) is 5.53. The fraction of sp³-hybridized carbons (Fsp3) is 0.412. The van der Waals surface area contributed by atoms with Crippen molar-refractivity contribution in [2.24, 2.45) is 0 Å². The van der Waals surface area contributed by atoms with Crippen molar-refractivity contribution in [3.8, 4) is 5.75 Å². The van der Waals surface area contributed by atoms with Crippen LogP contribution in [-0.4, -0.2) is 7.05 Å². The Morgan fingerprint density at radius 3 is 2.71 bits per heavy atom. The van der Waals surface area contributed by atoms with Gasteiger partial charge in [0.25, 0.3) is 0 Å². The molecule has 1 heterocycles. The zero-order valence-electron chi connectivity index (χ0n) is 13.0. The number of rotatable bonds is 6. The van der Waals surface area contributed by atoms with E-state index in [2.05, 4.69) is 19.2 Å². The second-order valence-corrected chi connectivity index (χ2v) is 5.94. The van der Waals surface area contributed by atoms with E-state index in [9.17, 15) is 0 Å². The lowest BCUT2D eigenvalue weighted by molar-refractivity contribution is 0.268. The molecule has 0 saturated heterocycles. The summed E-state index contributed by atoms with van der Waals surface area (Å²) < 4.78 is 11.4. The number of hydrogen-bond acceptors (Lipinski definition) is 3. The van der Waals surface area contributed by atoms with E-state index in [0.717, 1.165) is 39.8 Å². The average Bonchev–Trinajstić information content (AvgIpc) is 2.85. The molecular weight excluding hydrogens is 286 g/mol. The highest BCUT2D eigenvalue weighted by Gasteiger charge is 2.11. The molecule has 1 N–H and O–H groups in total. The highest BCUT2D eigenvalue weighted by Crippen LogP contribution is 2.31. The molecule has 1 aromatic carbocycles. The molecule has 2 rings (SSSR count). The van der Waals surface area contributed by atoms with Crippen molar-refractivity contribution < 1.29 is 9.15 Å². The van der Waals surface area contributed by atoms with E-state index >= 15 is 0 Å². The van der Waals surface area contributed by atoms with Crippen LogP contribution in [0.4, 0.5) is 0 Å². The van der Waals surface area contributed by atoms with E-state index in [1.165, 1.54) is 0 Å². The smallest absolute Gasteiger partial charge is 0.146 e. The average molecular weight is 308 g/mol. The van der Waals surface area contributed by atoms with Gasteiger partial charge in [0.05, 0.1) is 6.26 Å². The maximum atomic E-state index is 6.27. The first-order valence-corrected chi connectivity index (χ1v) is 7.52. The van der Waals surface area contributed by atoms with Crippen LogP contribution < -0.4 is 10.1 Å². The van der Waals surface area contributed by atoms with E-state index in [-0.39, 0.29) is 0 Å². The molecule has 0 amide bonds. The molecule has 21 heavy (non-hydrogen) atoms. The summed E-state index contributed by atoms with van der Waals surface area (Å²) in [5, 5.41) is 3.89. The van der Waals surface area contributed by atoms with Crippen LogP contribution in [0, 0.1) is 6.92 Å². The third-order valence-corrected chi connectivity index (χ3v) is 3.70. The highest BCUT2D eigenvalue weighted by molar-refractivity contribution is 6.31. The Morgan fingerprint density at radius 1 is 1.29 bits per heavy atom. The summed E-state index contributed by atoms with van der Waals surface area (Å²) in [6, 6.07) is 5.99. The Kier molecular flexibility index (Phi) is 5.32. The van der Waals surface area contributed by atoms with Gasteiger partial charge in [0.2, 0.25) is 0 Å². The number of benzene rings is 1. The monoisotopic (exact) mass is 307 g/mol. The van der Waals surface area contributed by atoms with Gasteiger partial charge in [0, 0.05) is 17.1 Å². The number of furan rings is 1. The van der Waals surface area contributed by atoms with Crippen molar-refractivity contribution in [1.29, 1.82) is 0 Å². The van der Waals surface area contributed by atoms with Crippen molar-refractivity contribution in [2.75, 3.05) is 7.05 Å². The number of hydrogen-bond donors (Lipinski definition) is 1. The van der Waals surface area contributed by atoms with Crippen LogP contribution in [0.5, 0.6) is 5.75 Å². The molecule has 4 heteroatoms. The predicted molar refractivity (Wildman–Crippen MR) is 86.1 cm³/mol. The largest absolute Gasteiger partial charge is 0.485 e. The summed E-state index contributed by atoms with van der Waals surface area (Å²) in [6.07, 6.45) is 1.75. The molecule has 0 atom stereocenters. The van der Waals surface area contributed by atoms with Crippen molar-refractivity contribution in [2.45, 2.75) is 39.8 Å². The first-order valence-electron chi connectivity index (χ1n) is 7.15. The number of aryl methyl sites for hydroxylation is 1. The maximum Gasteiger partial charge on any atom is 0.146 e. The van der Waals surface area contributed by atoms with Gasteiger partial charge in [-0.3, -0.25) is 0 Å². The zero-order valence-corrected chi connectivity index (χ0v) is 13.8. The highest BCUT2D eigenvalue weighted by atomic mass is 35.5. The molecule has 0 spiro atoms. The van der Waals surface area contributed by atoms with Gasteiger partial charge in [0.15, 0.2) is 0 Å². The van der Waals surface area contributed by atoms with Crippen LogP contribution in [0.2, 0.25) is 5.02 Å². The summed E-state index contributed by atoms with van der Waals surface area (Å²) in [6.45, 7) is 7.46. The van der Waals surface area contributed by atoms with Crippen molar-refractivity contribution in [3.05, 3.63) is 51.9 Å². The van der Waals surface area contributed by atoms with Crippen LogP contribution in [0.3, 0.4) is 0 Å². The van der Waals surface area contributed by atoms with E-state index in [1.807, 2.05) is 32.2 Å². The molecule has 0 radical (unpaired) electrons. The van der Waals surface area contributed by atoms with Crippen LogP contribution >= 0.6 is 11.6 Å². The van der Waals surface area contributed by atoms with Gasteiger partial charge in [-0.15, -0.1) is 0 Å². The Morgan fingerprint density at radius 2 is 2.05 bits per heavy atom. The minimum absolute atomic E-state index is 0.367. The molecule has 2 aromatic rings. The van der Waals surface area contributed by atoms with Crippen LogP contribution in [-0.2, 0) is 13.2 Å². The second kappa shape index (κ2) is 7.01. The minimum Gasteiger partial charge on any atom is -0.485 e. The van der Waals surface area contributed by atoms with Gasteiger partial charge in [-0.25, -0.2) is 0 Å². The van der Waals surface area contributed by atoms with Gasteiger partial charge in [0.1, 0.15) is 18.1 Å². The Hall–Kier alpha value is -1.45. The first kappa shape index (κ1) is 15.9. The van der Waals surface area contributed by atoms with Crippen LogP contribution in [0.1, 0.15) is 42.2 Å². The quantitative estimate of drug-likeness (QED) is 0.842. The topological polar surface area (TPSA) is 34.4 Å². The van der Waals surface area contributed by atoms with Gasteiger partial charge < -0.3 is 14.5 Å². The number of nitrogens with one attached hydrogen (secondary N) is 1. The normalized spacial score (nSPS) is 11.1. The predicted octanol–water partition coefficient (Wildman–Crippen LogP) is 4.66. The third-order valence-electron chi connectivity index (χ3n) is 3.38.